The van der Waals surface area contributed by atoms with Crippen LogP contribution < -0.4 is 0 Å². The van der Waals surface area contributed by atoms with Gasteiger partial charge in [0.1, 0.15) is 0 Å². The number of pyridine rings is 1. The fourth-order valence-corrected chi connectivity index (χ4v) is 1.85. The first-order chi connectivity index (χ1) is 6.90. The van der Waals surface area contributed by atoms with Crippen molar-refractivity contribution in [2.24, 2.45) is 0 Å². The fraction of sp³-hybridized carbons (Fsp3) is 0.583. The second kappa shape index (κ2) is 4.56. The van der Waals surface area contributed by atoms with E-state index in [9.17, 15) is 0 Å². The van der Waals surface area contributed by atoms with E-state index in [0.29, 0.717) is 0 Å². The fourth-order valence-electron chi connectivity index (χ4n) is 1.85. The molecule has 1 aromatic heterocycles. The molecule has 1 aromatic rings. The second-order valence-corrected chi connectivity index (χ2v) is 3.94. The number of hydrogen-bond donors (Lipinski definition) is 0. The van der Waals surface area contributed by atoms with Crippen molar-refractivity contribution in [3.63, 3.8) is 0 Å². The summed E-state index contributed by atoms with van der Waals surface area (Å²) in [6.45, 7) is 4.89. The number of rotatable bonds is 1. The summed E-state index contributed by atoms with van der Waals surface area (Å²) >= 11 is 0. The predicted molar refractivity (Wildman–Crippen MR) is 58.2 cm³/mol. The van der Waals surface area contributed by atoms with Crippen molar-refractivity contribution >= 4 is 0 Å². The molecular weight excluding hydrogens is 172 g/mol. The molecule has 0 amide bonds. The lowest BCUT2D eigenvalue weighted by molar-refractivity contribution is -0.00222. The minimum absolute atomic E-state index is 1.03. The zero-order valence-corrected chi connectivity index (χ0v) is 8.82. The molecule has 0 bridgehead atoms. The van der Waals surface area contributed by atoms with Gasteiger partial charge >= 0.3 is 0 Å². The Morgan fingerprint density at radius 1 is 1.36 bits per heavy atom. The topological polar surface area (TPSA) is 16.1 Å². The number of piperidine rings is 1. The van der Waals surface area contributed by atoms with Crippen LogP contribution in [0.15, 0.2) is 24.4 Å². The molecule has 0 N–H and O–H groups in total. The molecule has 0 aliphatic carbocycles. The van der Waals surface area contributed by atoms with Crippen LogP contribution in [-0.4, -0.2) is 29.0 Å². The molecule has 0 saturated carbocycles. The van der Waals surface area contributed by atoms with Crippen LogP contribution in [0.5, 0.6) is 0 Å². The quantitative estimate of drug-likeness (QED) is 0.674. The van der Waals surface area contributed by atoms with Gasteiger partial charge in [-0.1, -0.05) is 13.0 Å². The van der Waals surface area contributed by atoms with Gasteiger partial charge in [0.25, 0.3) is 0 Å². The molecule has 0 unspecified atom stereocenters. The maximum atomic E-state index is 4.10. The van der Waals surface area contributed by atoms with Crippen molar-refractivity contribution in [1.29, 1.82) is 0 Å². The van der Waals surface area contributed by atoms with E-state index >= 15 is 0 Å². The summed E-state index contributed by atoms with van der Waals surface area (Å²) in [4.78, 5) is 6.62. The highest BCUT2D eigenvalue weighted by atomic mass is 15.3. The molecule has 2 nitrogen and oxygen atoms in total. The van der Waals surface area contributed by atoms with Gasteiger partial charge in [0.05, 0.1) is 0 Å². The Hall–Kier alpha value is -0.890. The average Bonchev–Trinajstić information content (AvgIpc) is 2.25. The van der Waals surface area contributed by atoms with Crippen molar-refractivity contribution in [2.75, 3.05) is 13.1 Å². The van der Waals surface area contributed by atoms with Crippen molar-refractivity contribution in [3.8, 4) is 0 Å². The van der Waals surface area contributed by atoms with Crippen LogP contribution in [0.4, 0.5) is 0 Å². The Labute approximate surface area is 86.0 Å². The van der Waals surface area contributed by atoms with E-state index in [0.717, 1.165) is 18.2 Å². The Morgan fingerprint density at radius 3 is 2.29 bits per heavy atom. The summed E-state index contributed by atoms with van der Waals surface area (Å²) in [5.41, 5.74) is 1.16. The first kappa shape index (κ1) is 9.66. The molecule has 0 aromatic carbocycles. The van der Waals surface area contributed by atoms with Crippen LogP contribution in [0.2, 0.25) is 0 Å². The van der Waals surface area contributed by atoms with Crippen LogP contribution in [0.25, 0.3) is 0 Å². The number of nitrogens with zero attached hydrogens (tertiary/aromatic N) is 2. The molecule has 14 heavy (non-hydrogen) atoms. The van der Waals surface area contributed by atoms with Gasteiger partial charge in [-0.15, -0.1) is 0 Å². The summed E-state index contributed by atoms with van der Waals surface area (Å²) in [5, 5.41) is 0. The highest BCUT2D eigenvalue weighted by Crippen LogP contribution is 2.28. The second-order valence-electron chi connectivity index (χ2n) is 3.94. The maximum absolute atomic E-state index is 4.10. The number of hydrogen-bond acceptors (Lipinski definition) is 2. The van der Waals surface area contributed by atoms with Crippen LogP contribution in [0, 0.1) is 0 Å². The average molecular weight is 190 g/mol. The van der Waals surface area contributed by atoms with Crippen molar-refractivity contribution < 1.29 is 0 Å². The lowest BCUT2D eigenvalue weighted by Crippen LogP contribution is -2.57. The lowest BCUT2D eigenvalue weighted by Gasteiger charge is -2.50. The molecule has 0 spiro atoms. The molecule has 0 radical (unpaired) electrons. The normalized spacial score (nSPS) is 19.8. The standard InChI is InChI=1S/C7H9N.C5H9N/c1-2-7-5-3-4-6-8-7;1-3-6-4-2-5(1)6/h3-6H,2H2,1H3;5H,1-4H2. The lowest BCUT2D eigenvalue weighted by atomic mass is 9.91. The van der Waals surface area contributed by atoms with E-state index in [2.05, 4.69) is 16.8 Å². The van der Waals surface area contributed by atoms with E-state index in [-0.39, 0.29) is 0 Å². The highest BCUT2D eigenvalue weighted by molar-refractivity contribution is 5.02. The molecule has 2 aliphatic heterocycles. The van der Waals surface area contributed by atoms with Gasteiger partial charge in [-0.3, -0.25) is 4.98 Å². The van der Waals surface area contributed by atoms with E-state index < -0.39 is 0 Å². The zero-order chi connectivity index (χ0) is 9.80. The van der Waals surface area contributed by atoms with Gasteiger partial charge < -0.3 is 4.90 Å². The smallest absolute Gasteiger partial charge is 0.0400 e. The summed E-state index contributed by atoms with van der Waals surface area (Å²) in [5.74, 6) is 0. The van der Waals surface area contributed by atoms with E-state index in [1.54, 1.807) is 0 Å². The van der Waals surface area contributed by atoms with E-state index in [4.69, 9.17) is 0 Å². The summed E-state index contributed by atoms with van der Waals surface area (Å²) in [6.07, 6.45) is 5.82. The Kier molecular flexibility index (Phi) is 3.14. The molecule has 2 fully saturated rings. The predicted octanol–water partition coefficient (Wildman–Crippen LogP) is 2.11. The molecule has 0 atom stereocenters. The zero-order valence-electron chi connectivity index (χ0n) is 8.82. The van der Waals surface area contributed by atoms with Crippen molar-refractivity contribution in [2.45, 2.75) is 32.2 Å². The number of aryl methyl sites for hydroxylation is 1. The van der Waals surface area contributed by atoms with Crippen LogP contribution in [0.1, 0.15) is 25.5 Å². The van der Waals surface area contributed by atoms with Gasteiger partial charge in [0.15, 0.2) is 0 Å². The Morgan fingerprint density at radius 2 is 2.07 bits per heavy atom. The highest BCUT2D eigenvalue weighted by Gasteiger charge is 2.34. The SMILES string of the molecule is C1CN2CCC12.CCc1ccccn1. The van der Waals surface area contributed by atoms with Crippen molar-refractivity contribution in [1.82, 2.24) is 9.88 Å². The van der Waals surface area contributed by atoms with E-state index in [1.165, 1.54) is 25.9 Å². The molecule has 2 saturated heterocycles. The first-order valence-electron chi connectivity index (χ1n) is 5.54. The molecule has 76 valence electrons. The Balaban J connectivity index is 0.000000110. The van der Waals surface area contributed by atoms with Crippen LogP contribution in [0.3, 0.4) is 0 Å². The van der Waals surface area contributed by atoms with Gasteiger partial charge in [-0.25, -0.2) is 0 Å². The molecule has 2 aliphatic rings. The summed E-state index contributed by atoms with van der Waals surface area (Å²) in [6, 6.07) is 7.01. The van der Waals surface area contributed by atoms with E-state index in [1.807, 2.05) is 24.4 Å². The molecule has 3 heterocycles. The van der Waals surface area contributed by atoms with Gasteiger partial charge in [-0.05, 0) is 44.5 Å². The Bertz CT molecular complexity index is 253. The van der Waals surface area contributed by atoms with Crippen LogP contribution >= 0.6 is 0 Å². The van der Waals surface area contributed by atoms with Gasteiger partial charge in [0.2, 0.25) is 0 Å². The van der Waals surface area contributed by atoms with Crippen LogP contribution in [-0.2, 0) is 6.42 Å². The minimum Gasteiger partial charge on any atom is -0.300 e. The molecule has 3 rings (SSSR count). The largest absolute Gasteiger partial charge is 0.300 e. The number of fused-ring (bicyclic) bond motifs is 1. The van der Waals surface area contributed by atoms with Gasteiger partial charge in [0, 0.05) is 17.9 Å². The first-order valence-corrected chi connectivity index (χ1v) is 5.54. The van der Waals surface area contributed by atoms with Crippen molar-refractivity contribution in [3.05, 3.63) is 30.1 Å². The summed E-state index contributed by atoms with van der Waals surface area (Å²) < 4.78 is 0. The maximum Gasteiger partial charge on any atom is 0.0400 e. The number of aromatic nitrogens is 1. The third kappa shape index (κ3) is 2.13. The third-order valence-corrected chi connectivity index (χ3v) is 3.10. The monoisotopic (exact) mass is 190 g/mol. The van der Waals surface area contributed by atoms with Gasteiger partial charge in [-0.2, -0.15) is 0 Å². The molecule has 2 heteroatoms. The third-order valence-electron chi connectivity index (χ3n) is 3.10. The minimum atomic E-state index is 1.03. The summed E-state index contributed by atoms with van der Waals surface area (Å²) in [7, 11) is 0. The molecular formula is C12H18N2.